The molecular formula is C47H29N3. The van der Waals surface area contributed by atoms with Gasteiger partial charge in [-0.15, -0.1) is 0 Å². The second-order valence-corrected chi connectivity index (χ2v) is 13.3. The van der Waals surface area contributed by atoms with Crippen LogP contribution in [0.1, 0.15) is 22.4 Å². The third kappa shape index (κ3) is 3.53. The molecule has 1 aliphatic heterocycles. The van der Waals surface area contributed by atoms with E-state index < -0.39 is 5.41 Å². The van der Waals surface area contributed by atoms with Gasteiger partial charge < -0.3 is 4.57 Å². The molecule has 1 aliphatic carbocycles. The Kier molecular flexibility index (Phi) is 5.59. The number of nitrogens with zero attached hydrogens (tertiary/aromatic N) is 3. The van der Waals surface area contributed by atoms with E-state index in [1.807, 2.05) is 0 Å². The molecule has 0 radical (unpaired) electrons. The Balaban J connectivity index is 1.28. The first-order chi connectivity index (χ1) is 24.8. The zero-order valence-corrected chi connectivity index (χ0v) is 27.1. The number of aromatic nitrogens is 3. The predicted octanol–water partition coefficient (Wildman–Crippen LogP) is 11.3. The number of para-hydroxylation sites is 3. The Morgan fingerprint density at radius 3 is 1.84 bits per heavy atom. The first kappa shape index (κ1) is 27.4. The molecule has 2 aromatic heterocycles. The predicted molar refractivity (Wildman–Crippen MR) is 204 cm³/mol. The zero-order valence-electron chi connectivity index (χ0n) is 27.1. The van der Waals surface area contributed by atoms with Crippen LogP contribution in [0.3, 0.4) is 0 Å². The Morgan fingerprint density at radius 2 is 1.02 bits per heavy atom. The Morgan fingerprint density at radius 1 is 0.420 bits per heavy atom. The van der Waals surface area contributed by atoms with Crippen LogP contribution in [0.2, 0.25) is 0 Å². The van der Waals surface area contributed by atoms with Crippen LogP contribution in [-0.2, 0) is 5.41 Å². The van der Waals surface area contributed by atoms with E-state index in [2.05, 4.69) is 180 Å². The van der Waals surface area contributed by atoms with E-state index in [1.165, 1.54) is 60.9 Å². The van der Waals surface area contributed by atoms with Crippen LogP contribution in [0.4, 0.5) is 0 Å². The number of hydrogen-bond donors (Lipinski definition) is 0. The maximum Gasteiger partial charge on any atom is 0.160 e. The van der Waals surface area contributed by atoms with Crippen LogP contribution in [-0.4, -0.2) is 14.5 Å². The van der Waals surface area contributed by atoms with E-state index in [4.69, 9.17) is 9.97 Å². The zero-order chi connectivity index (χ0) is 32.8. The summed E-state index contributed by atoms with van der Waals surface area (Å²) in [6, 6.07) is 63.3. The molecule has 0 fully saturated rings. The van der Waals surface area contributed by atoms with Gasteiger partial charge in [0.15, 0.2) is 5.82 Å². The van der Waals surface area contributed by atoms with Crippen molar-refractivity contribution in [1.29, 1.82) is 0 Å². The molecule has 9 aromatic rings. The van der Waals surface area contributed by atoms with Crippen LogP contribution in [0.25, 0.3) is 72.4 Å². The van der Waals surface area contributed by atoms with E-state index in [9.17, 15) is 0 Å². The molecule has 3 heterocycles. The van der Waals surface area contributed by atoms with E-state index in [-0.39, 0.29) is 0 Å². The summed E-state index contributed by atoms with van der Waals surface area (Å²) in [5.41, 5.74) is 15.4. The van der Waals surface area contributed by atoms with Crippen molar-refractivity contribution >= 4 is 21.8 Å². The van der Waals surface area contributed by atoms with E-state index in [0.29, 0.717) is 0 Å². The van der Waals surface area contributed by atoms with Gasteiger partial charge in [-0.1, -0.05) is 164 Å². The molecule has 232 valence electrons. The lowest BCUT2D eigenvalue weighted by Crippen LogP contribution is -2.34. The third-order valence-electron chi connectivity index (χ3n) is 10.8. The summed E-state index contributed by atoms with van der Waals surface area (Å²) in [4.78, 5) is 11.1. The molecule has 2 aliphatic rings. The van der Waals surface area contributed by atoms with Crippen LogP contribution in [0, 0.1) is 0 Å². The number of hydrogen-bond acceptors (Lipinski definition) is 2. The highest BCUT2D eigenvalue weighted by atomic mass is 15.0. The summed E-state index contributed by atoms with van der Waals surface area (Å²) in [6.45, 7) is 0. The van der Waals surface area contributed by atoms with Gasteiger partial charge >= 0.3 is 0 Å². The lowest BCUT2D eigenvalue weighted by Gasteiger charge is -2.38. The fourth-order valence-electron chi connectivity index (χ4n) is 8.77. The van der Waals surface area contributed by atoms with Gasteiger partial charge in [0.25, 0.3) is 0 Å². The number of rotatable bonds is 3. The minimum absolute atomic E-state index is 0.655. The second kappa shape index (κ2) is 10.2. The van der Waals surface area contributed by atoms with Crippen molar-refractivity contribution in [1.82, 2.24) is 14.5 Å². The summed E-state index contributed by atoms with van der Waals surface area (Å²) in [7, 11) is 0. The monoisotopic (exact) mass is 635 g/mol. The number of benzene rings is 7. The fourth-order valence-corrected chi connectivity index (χ4v) is 8.77. The van der Waals surface area contributed by atoms with Crippen molar-refractivity contribution in [2.24, 2.45) is 0 Å². The highest BCUT2D eigenvalue weighted by Gasteiger charge is 2.53. The fraction of sp³-hybridized carbons (Fsp3) is 0.0213. The molecule has 0 saturated heterocycles. The van der Waals surface area contributed by atoms with Gasteiger partial charge in [-0.3, -0.25) is 0 Å². The largest absolute Gasteiger partial charge is 0.309 e. The van der Waals surface area contributed by atoms with Gasteiger partial charge in [-0.25, -0.2) is 9.97 Å². The van der Waals surface area contributed by atoms with Gasteiger partial charge in [0, 0.05) is 27.5 Å². The summed E-state index contributed by atoms with van der Waals surface area (Å²) >= 11 is 0. The molecule has 7 aromatic carbocycles. The van der Waals surface area contributed by atoms with Crippen LogP contribution < -0.4 is 0 Å². The van der Waals surface area contributed by atoms with Gasteiger partial charge in [0.1, 0.15) is 0 Å². The lowest BCUT2D eigenvalue weighted by molar-refractivity contribution is 0.720. The normalized spacial score (nSPS) is 15.3. The summed E-state index contributed by atoms with van der Waals surface area (Å²) in [5, 5.41) is 2.52. The smallest absolute Gasteiger partial charge is 0.160 e. The molecule has 0 amide bonds. The van der Waals surface area contributed by atoms with Crippen molar-refractivity contribution in [2.45, 2.75) is 5.41 Å². The maximum atomic E-state index is 5.70. The molecule has 11 rings (SSSR count). The third-order valence-corrected chi connectivity index (χ3v) is 10.8. The molecule has 0 bridgehead atoms. The van der Waals surface area contributed by atoms with Crippen molar-refractivity contribution in [3.8, 4) is 50.6 Å². The minimum Gasteiger partial charge on any atom is -0.309 e. The summed E-state index contributed by atoms with van der Waals surface area (Å²) in [5.74, 6) is 0.727. The van der Waals surface area contributed by atoms with Crippen LogP contribution in [0.5, 0.6) is 0 Å². The van der Waals surface area contributed by atoms with Crippen molar-refractivity contribution in [3.05, 3.63) is 198 Å². The Bertz CT molecular complexity index is 2800. The molecule has 50 heavy (non-hydrogen) atoms. The molecule has 1 unspecified atom stereocenters. The molecule has 3 nitrogen and oxygen atoms in total. The van der Waals surface area contributed by atoms with E-state index >= 15 is 0 Å². The molecule has 3 heteroatoms. The van der Waals surface area contributed by atoms with Crippen LogP contribution >= 0.6 is 0 Å². The first-order valence-electron chi connectivity index (χ1n) is 17.2. The number of fused-ring (bicyclic) bond motifs is 12. The lowest BCUT2D eigenvalue weighted by atomic mass is 9.67. The summed E-state index contributed by atoms with van der Waals surface area (Å²) < 4.78 is 2.48. The Hall–Kier alpha value is -6.58. The van der Waals surface area contributed by atoms with Crippen molar-refractivity contribution < 1.29 is 0 Å². The summed E-state index contributed by atoms with van der Waals surface area (Å²) in [6.07, 6.45) is 0. The van der Waals surface area contributed by atoms with E-state index in [1.54, 1.807) is 0 Å². The first-order valence-corrected chi connectivity index (χ1v) is 17.2. The maximum absolute atomic E-state index is 5.70. The van der Waals surface area contributed by atoms with Crippen molar-refractivity contribution in [3.63, 3.8) is 0 Å². The second-order valence-electron chi connectivity index (χ2n) is 13.3. The quantitative estimate of drug-likeness (QED) is 0.193. The molecule has 1 atom stereocenters. The van der Waals surface area contributed by atoms with Crippen molar-refractivity contribution in [2.75, 3.05) is 0 Å². The standard InChI is InChI=1S/C47H29N3/c1-3-14-30(15-4-1)31-26-28-33(29-27-31)46-48-43(32-16-5-2-6-17-32)42-36-19-7-9-21-37(36)47(45(42)49-46)38-22-10-12-25-41(38)50-40-24-11-8-18-34(40)35-20-13-23-39(47)44(35)50/h1-29H. The Labute approximate surface area is 289 Å². The van der Waals surface area contributed by atoms with Gasteiger partial charge in [0.05, 0.1) is 33.5 Å². The highest BCUT2D eigenvalue weighted by molar-refractivity contribution is 6.13. The molecule has 1 spiro atoms. The van der Waals surface area contributed by atoms with Gasteiger partial charge in [0.2, 0.25) is 0 Å². The van der Waals surface area contributed by atoms with E-state index in [0.717, 1.165) is 33.9 Å². The molecule has 0 saturated carbocycles. The minimum atomic E-state index is -0.655. The molecular weight excluding hydrogens is 607 g/mol. The SMILES string of the molecule is c1ccc(-c2ccc(-c3nc(-c4ccccc4)c4c(n3)C3(c5ccccc5-4)c4ccccc4-n4c5ccccc5c5cccc3c54)cc2)cc1. The molecule has 0 N–H and O–H groups in total. The average molecular weight is 636 g/mol. The topological polar surface area (TPSA) is 30.7 Å². The van der Waals surface area contributed by atoms with Gasteiger partial charge in [-0.2, -0.15) is 0 Å². The highest BCUT2D eigenvalue weighted by Crippen LogP contribution is 2.61. The van der Waals surface area contributed by atoms with Gasteiger partial charge in [-0.05, 0) is 45.5 Å². The average Bonchev–Trinajstić information content (AvgIpc) is 3.69. The van der Waals surface area contributed by atoms with Crippen LogP contribution in [0.15, 0.2) is 176 Å².